The van der Waals surface area contributed by atoms with Crippen molar-refractivity contribution in [2.45, 2.75) is 51.2 Å². The lowest BCUT2D eigenvalue weighted by atomic mass is 9.78. The summed E-state index contributed by atoms with van der Waals surface area (Å²) < 4.78 is 7.87. The lowest BCUT2D eigenvalue weighted by molar-refractivity contribution is -0.133. The summed E-state index contributed by atoms with van der Waals surface area (Å²) in [5.74, 6) is 0.520. The summed E-state index contributed by atoms with van der Waals surface area (Å²) in [6.45, 7) is 4.77. The van der Waals surface area contributed by atoms with Gasteiger partial charge in [-0.15, -0.1) is 0 Å². The highest BCUT2D eigenvalue weighted by Gasteiger charge is 2.41. The second-order valence-corrected chi connectivity index (χ2v) is 7.09. The minimum absolute atomic E-state index is 0.0481. The molecule has 2 aliphatic heterocycles. The smallest absolute Gasteiger partial charge is 0.272 e. The first-order valence-corrected chi connectivity index (χ1v) is 9.22. The number of likely N-dealkylation sites (tertiary alicyclic amines) is 1. The van der Waals surface area contributed by atoms with Gasteiger partial charge in [-0.1, -0.05) is 0 Å². The maximum absolute atomic E-state index is 12.7. The van der Waals surface area contributed by atoms with Gasteiger partial charge in [0.2, 0.25) is 5.91 Å². The van der Waals surface area contributed by atoms with Gasteiger partial charge in [-0.25, -0.2) is 0 Å². The van der Waals surface area contributed by atoms with Crippen molar-refractivity contribution in [1.29, 1.82) is 0 Å². The van der Waals surface area contributed by atoms with E-state index in [-0.39, 0.29) is 17.4 Å². The van der Waals surface area contributed by atoms with Crippen LogP contribution in [0.4, 0.5) is 0 Å². The van der Waals surface area contributed by atoms with Gasteiger partial charge < -0.3 is 15.0 Å². The van der Waals surface area contributed by atoms with Crippen LogP contribution in [0.3, 0.4) is 0 Å². The molecule has 1 unspecified atom stereocenters. The SMILES string of the molecule is CCn1nccc1C(=O)N1CCC2(CC1)CC(CC(=O)NC)CCO2. The van der Waals surface area contributed by atoms with E-state index in [0.717, 1.165) is 25.7 Å². The first-order valence-electron chi connectivity index (χ1n) is 9.22. The third kappa shape index (κ3) is 3.86. The zero-order chi connectivity index (χ0) is 17.9. The third-order valence-corrected chi connectivity index (χ3v) is 5.55. The Morgan fingerprint density at radius 1 is 1.40 bits per heavy atom. The van der Waals surface area contributed by atoms with Gasteiger partial charge in [0, 0.05) is 45.9 Å². The molecule has 0 aromatic carbocycles. The predicted octanol–water partition coefficient (Wildman–Crippen LogP) is 1.44. The van der Waals surface area contributed by atoms with Gasteiger partial charge in [-0.05, 0) is 44.6 Å². The summed E-state index contributed by atoms with van der Waals surface area (Å²) in [7, 11) is 1.68. The number of aromatic nitrogens is 2. The third-order valence-electron chi connectivity index (χ3n) is 5.55. The normalized spacial score (nSPS) is 22.8. The van der Waals surface area contributed by atoms with Crippen molar-refractivity contribution in [1.82, 2.24) is 20.0 Å². The first-order chi connectivity index (χ1) is 12.1. The Hall–Kier alpha value is -1.89. The number of hydrogen-bond acceptors (Lipinski definition) is 4. The molecule has 1 atom stereocenters. The highest BCUT2D eigenvalue weighted by atomic mass is 16.5. The molecule has 7 nitrogen and oxygen atoms in total. The van der Waals surface area contributed by atoms with E-state index in [1.165, 1.54) is 0 Å². The Labute approximate surface area is 148 Å². The number of nitrogens with zero attached hydrogens (tertiary/aromatic N) is 3. The van der Waals surface area contributed by atoms with Crippen LogP contribution in [0.2, 0.25) is 0 Å². The van der Waals surface area contributed by atoms with Crippen molar-refractivity contribution < 1.29 is 14.3 Å². The second kappa shape index (κ2) is 7.56. The topological polar surface area (TPSA) is 76.5 Å². The predicted molar refractivity (Wildman–Crippen MR) is 93.1 cm³/mol. The Bertz CT molecular complexity index is 620. The first kappa shape index (κ1) is 17.9. The van der Waals surface area contributed by atoms with Gasteiger partial charge in [0.1, 0.15) is 5.69 Å². The molecule has 0 bridgehead atoms. The molecule has 0 radical (unpaired) electrons. The fourth-order valence-corrected chi connectivity index (χ4v) is 4.06. The van der Waals surface area contributed by atoms with E-state index in [0.29, 0.717) is 44.3 Å². The lowest BCUT2D eigenvalue weighted by Crippen LogP contribution is -2.51. The van der Waals surface area contributed by atoms with Crippen LogP contribution in [0.5, 0.6) is 0 Å². The number of carbonyl (C=O) groups excluding carboxylic acids is 2. The quantitative estimate of drug-likeness (QED) is 0.893. The number of carbonyl (C=O) groups is 2. The van der Waals surface area contributed by atoms with Crippen molar-refractivity contribution in [2.24, 2.45) is 5.92 Å². The molecule has 3 heterocycles. The summed E-state index contributed by atoms with van der Waals surface area (Å²) in [5, 5.41) is 6.90. The second-order valence-electron chi connectivity index (χ2n) is 7.09. The number of hydrogen-bond donors (Lipinski definition) is 1. The summed E-state index contributed by atoms with van der Waals surface area (Å²) in [4.78, 5) is 26.3. The van der Waals surface area contributed by atoms with Crippen molar-refractivity contribution in [2.75, 3.05) is 26.7 Å². The van der Waals surface area contributed by atoms with E-state index in [2.05, 4.69) is 10.4 Å². The van der Waals surface area contributed by atoms with E-state index in [4.69, 9.17) is 4.74 Å². The highest BCUT2D eigenvalue weighted by molar-refractivity contribution is 5.92. The highest BCUT2D eigenvalue weighted by Crippen LogP contribution is 2.39. The molecule has 25 heavy (non-hydrogen) atoms. The standard InChI is InChI=1S/C18H28N4O3/c1-3-22-15(4-8-20-22)17(24)21-9-6-18(7-10-21)13-14(5-11-25-18)12-16(23)19-2/h4,8,14H,3,5-7,9-13H2,1-2H3,(H,19,23). The van der Waals surface area contributed by atoms with Crippen LogP contribution in [0, 0.1) is 5.92 Å². The molecule has 1 aromatic rings. The van der Waals surface area contributed by atoms with E-state index in [9.17, 15) is 9.59 Å². The van der Waals surface area contributed by atoms with E-state index >= 15 is 0 Å². The number of piperidine rings is 1. The summed E-state index contributed by atoms with van der Waals surface area (Å²) in [6, 6.07) is 1.78. The number of rotatable bonds is 4. The van der Waals surface area contributed by atoms with Crippen molar-refractivity contribution in [3.8, 4) is 0 Å². The molecule has 2 fully saturated rings. The van der Waals surface area contributed by atoms with Crippen LogP contribution in [-0.2, 0) is 16.1 Å². The van der Waals surface area contributed by atoms with Crippen LogP contribution in [0.25, 0.3) is 0 Å². The van der Waals surface area contributed by atoms with E-state index in [1.807, 2.05) is 11.8 Å². The van der Waals surface area contributed by atoms with Crippen LogP contribution in [0.1, 0.15) is 49.5 Å². The molecule has 138 valence electrons. The van der Waals surface area contributed by atoms with Crippen molar-refractivity contribution in [3.05, 3.63) is 18.0 Å². The fourth-order valence-electron chi connectivity index (χ4n) is 4.06. The maximum Gasteiger partial charge on any atom is 0.272 e. The molecule has 2 amide bonds. The lowest BCUT2D eigenvalue weighted by Gasteiger charge is -2.46. The molecule has 3 rings (SSSR count). The molecule has 7 heteroatoms. The van der Waals surface area contributed by atoms with Crippen LogP contribution in [-0.4, -0.2) is 58.8 Å². The molecule has 1 N–H and O–H groups in total. The van der Waals surface area contributed by atoms with Gasteiger partial charge in [-0.2, -0.15) is 5.10 Å². The zero-order valence-corrected chi connectivity index (χ0v) is 15.2. The monoisotopic (exact) mass is 348 g/mol. The van der Waals surface area contributed by atoms with E-state index < -0.39 is 0 Å². The summed E-state index contributed by atoms with van der Waals surface area (Å²) >= 11 is 0. The van der Waals surface area contributed by atoms with Gasteiger partial charge in [0.25, 0.3) is 5.91 Å². The van der Waals surface area contributed by atoms with Gasteiger partial charge in [0.15, 0.2) is 0 Å². The molecule has 2 aliphatic rings. The van der Waals surface area contributed by atoms with Crippen molar-refractivity contribution in [3.63, 3.8) is 0 Å². The number of aryl methyl sites for hydroxylation is 1. The summed E-state index contributed by atoms with van der Waals surface area (Å²) in [6.07, 6.45) is 5.77. The Balaban J connectivity index is 1.59. The Kier molecular flexibility index (Phi) is 5.42. The van der Waals surface area contributed by atoms with Gasteiger partial charge >= 0.3 is 0 Å². The Morgan fingerprint density at radius 2 is 2.16 bits per heavy atom. The minimum atomic E-state index is -0.168. The molecule has 0 aliphatic carbocycles. The molecule has 0 saturated carbocycles. The van der Waals surface area contributed by atoms with Gasteiger partial charge in [0.05, 0.1) is 5.60 Å². The zero-order valence-electron chi connectivity index (χ0n) is 15.2. The van der Waals surface area contributed by atoms with Crippen LogP contribution < -0.4 is 5.32 Å². The largest absolute Gasteiger partial charge is 0.375 e. The minimum Gasteiger partial charge on any atom is -0.375 e. The van der Waals surface area contributed by atoms with Crippen LogP contribution in [0.15, 0.2) is 12.3 Å². The number of nitrogens with one attached hydrogen (secondary N) is 1. The fraction of sp³-hybridized carbons (Fsp3) is 0.722. The molecule has 2 saturated heterocycles. The van der Waals surface area contributed by atoms with Gasteiger partial charge in [-0.3, -0.25) is 14.3 Å². The van der Waals surface area contributed by atoms with E-state index in [1.54, 1.807) is 24.0 Å². The summed E-state index contributed by atoms with van der Waals surface area (Å²) in [5.41, 5.74) is 0.485. The number of ether oxygens (including phenoxy) is 1. The van der Waals surface area contributed by atoms with Crippen molar-refractivity contribution >= 4 is 11.8 Å². The average Bonchev–Trinajstić information content (AvgIpc) is 3.10. The Morgan fingerprint density at radius 3 is 2.84 bits per heavy atom. The average molecular weight is 348 g/mol. The molecule has 1 aromatic heterocycles. The molecule has 1 spiro atoms. The molecular weight excluding hydrogens is 320 g/mol. The molecular formula is C18H28N4O3. The van der Waals surface area contributed by atoms with Crippen LogP contribution >= 0.6 is 0 Å². The maximum atomic E-state index is 12.7. The number of amides is 2.